The lowest BCUT2D eigenvalue weighted by molar-refractivity contribution is -0.143. The number of nitrogens with zero attached hydrogens (tertiary/aromatic N) is 5. The van der Waals surface area contributed by atoms with Crippen LogP contribution in [-0.4, -0.2) is 30.6 Å². The van der Waals surface area contributed by atoms with Crippen molar-refractivity contribution in [1.82, 2.24) is 24.7 Å². The summed E-state index contributed by atoms with van der Waals surface area (Å²) in [6.07, 6.45) is -6.61. The van der Waals surface area contributed by atoms with Gasteiger partial charge in [0, 0.05) is 11.8 Å². The molecule has 0 spiro atoms. The van der Waals surface area contributed by atoms with Crippen LogP contribution in [0.5, 0.6) is 0 Å². The third-order valence-corrected chi connectivity index (χ3v) is 3.78. The lowest BCUT2D eigenvalue weighted by Gasteiger charge is -2.13. The van der Waals surface area contributed by atoms with Crippen LogP contribution in [0.4, 0.5) is 30.7 Å². The highest BCUT2D eigenvalue weighted by molar-refractivity contribution is 6.21. The van der Waals surface area contributed by atoms with E-state index in [1.165, 1.54) is 0 Å². The smallest absolute Gasteiger partial charge is 0.365 e. The normalized spacial score (nSPS) is 12.8. The Morgan fingerprint density at radius 3 is 2.03 bits per heavy atom. The number of carbonyl (C=O) groups excluding carboxylic acids is 1. The molecule has 162 valence electrons. The van der Waals surface area contributed by atoms with Gasteiger partial charge in [-0.25, -0.2) is 19.6 Å². The van der Waals surface area contributed by atoms with Gasteiger partial charge in [-0.05, 0) is 18.2 Å². The Kier molecular flexibility index (Phi) is 5.48. The number of nitrogens with two attached hydrogens (primary N) is 1. The van der Waals surface area contributed by atoms with Gasteiger partial charge in [-0.15, -0.1) is 5.10 Å². The Labute approximate surface area is 168 Å². The number of amides is 1. The highest BCUT2D eigenvalue weighted by Gasteiger charge is 2.37. The lowest BCUT2D eigenvalue weighted by Crippen LogP contribution is -2.15. The first-order chi connectivity index (χ1) is 14.3. The summed E-state index contributed by atoms with van der Waals surface area (Å²) in [6, 6.07) is 0.886. The predicted molar refractivity (Wildman–Crippen MR) is 90.8 cm³/mol. The standard InChI is InChI=1S/C17H9F7N6O/c18-13-5-26-12(4-27-13)11(14(25)31)6-30-7-28-15(29-30)8-1-9(16(19,20)21)3-10(2-8)17(22,23)24/h1-7H,(H2,25,31)/b11-6-. The zero-order chi connectivity index (χ0) is 23.0. The molecule has 0 fully saturated rings. The van der Waals surface area contributed by atoms with Crippen LogP contribution in [0.3, 0.4) is 0 Å². The molecule has 0 radical (unpaired) electrons. The van der Waals surface area contributed by atoms with E-state index in [1.807, 2.05) is 0 Å². The van der Waals surface area contributed by atoms with E-state index in [0.717, 1.165) is 23.4 Å². The molecule has 3 rings (SSSR count). The van der Waals surface area contributed by atoms with Gasteiger partial charge < -0.3 is 5.73 Å². The summed E-state index contributed by atoms with van der Waals surface area (Å²) in [7, 11) is 0. The maximum atomic E-state index is 13.0. The fourth-order valence-corrected chi connectivity index (χ4v) is 2.39. The van der Waals surface area contributed by atoms with Gasteiger partial charge >= 0.3 is 12.4 Å². The van der Waals surface area contributed by atoms with Crippen molar-refractivity contribution in [2.45, 2.75) is 12.4 Å². The van der Waals surface area contributed by atoms with Crippen molar-refractivity contribution in [2.75, 3.05) is 0 Å². The number of benzene rings is 1. The Balaban J connectivity index is 2.06. The van der Waals surface area contributed by atoms with Crippen LogP contribution in [0.2, 0.25) is 0 Å². The summed E-state index contributed by atoms with van der Waals surface area (Å²) in [6.45, 7) is 0. The zero-order valence-electron chi connectivity index (χ0n) is 14.9. The predicted octanol–water partition coefficient (Wildman–Crippen LogP) is 3.40. The number of alkyl halides is 6. The van der Waals surface area contributed by atoms with Gasteiger partial charge in [0.05, 0.1) is 34.8 Å². The van der Waals surface area contributed by atoms with E-state index in [1.54, 1.807) is 0 Å². The fourth-order valence-electron chi connectivity index (χ4n) is 2.39. The van der Waals surface area contributed by atoms with Crippen LogP contribution in [0, 0.1) is 5.95 Å². The second-order valence-corrected chi connectivity index (χ2v) is 5.97. The minimum atomic E-state index is -5.04. The van der Waals surface area contributed by atoms with Gasteiger partial charge in [-0.1, -0.05) is 0 Å². The maximum Gasteiger partial charge on any atom is 0.416 e. The second kappa shape index (κ2) is 7.77. The van der Waals surface area contributed by atoms with E-state index in [9.17, 15) is 35.5 Å². The van der Waals surface area contributed by atoms with Gasteiger partial charge in [0.2, 0.25) is 5.95 Å². The molecular formula is C17H9F7N6O. The van der Waals surface area contributed by atoms with E-state index < -0.39 is 46.7 Å². The molecule has 2 aromatic heterocycles. The molecule has 0 unspecified atom stereocenters. The molecule has 0 saturated carbocycles. The average Bonchev–Trinajstić information content (AvgIpc) is 3.14. The van der Waals surface area contributed by atoms with E-state index >= 15 is 0 Å². The fraction of sp³-hybridized carbons (Fsp3) is 0.118. The first kappa shape index (κ1) is 21.9. The highest BCUT2D eigenvalue weighted by atomic mass is 19.4. The minimum absolute atomic E-state index is 0.0290. The molecule has 0 atom stereocenters. The average molecular weight is 446 g/mol. The Morgan fingerprint density at radius 1 is 0.935 bits per heavy atom. The van der Waals surface area contributed by atoms with E-state index in [0.29, 0.717) is 18.3 Å². The zero-order valence-corrected chi connectivity index (χ0v) is 14.9. The van der Waals surface area contributed by atoms with Crippen LogP contribution in [0.25, 0.3) is 23.2 Å². The summed E-state index contributed by atoms with van der Waals surface area (Å²) in [5.74, 6) is -2.45. The van der Waals surface area contributed by atoms with Crippen LogP contribution in [0.15, 0.2) is 36.9 Å². The van der Waals surface area contributed by atoms with E-state index in [2.05, 4.69) is 20.1 Å². The van der Waals surface area contributed by atoms with Crippen molar-refractivity contribution < 1.29 is 35.5 Å². The van der Waals surface area contributed by atoms with E-state index in [-0.39, 0.29) is 17.3 Å². The monoisotopic (exact) mass is 446 g/mol. The van der Waals surface area contributed by atoms with Gasteiger partial charge in [-0.2, -0.15) is 30.7 Å². The van der Waals surface area contributed by atoms with Gasteiger partial charge in [-0.3, -0.25) is 4.79 Å². The van der Waals surface area contributed by atoms with Crippen LogP contribution >= 0.6 is 0 Å². The third-order valence-electron chi connectivity index (χ3n) is 3.78. The van der Waals surface area contributed by atoms with Gasteiger partial charge in [0.15, 0.2) is 5.82 Å². The number of rotatable bonds is 4. The second-order valence-electron chi connectivity index (χ2n) is 5.97. The molecule has 7 nitrogen and oxygen atoms in total. The summed E-state index contributed by atoms with van der Waals surface area (Å²) in [4.78, 5) is 22.3. The minimum Gasteiger partial charge on any atom is -0.365 e. The summed E-state index contributed by atoms with van der Waals surface area (Å²) >= 11 is 0. The molecule has 1 aromatic carbocycles. The van der Waals surface area contributed by atoms with Crippen molar-refractivity contribution >= 4 is 17.7 Å². The molecule has 3 aromatic rings. The van der Waals surface area contributed by atoms with Crippen molar-refractivity contribution in [1.29, 1.82) is 0 Å². The SMILES string of the molecule is NC(=O)/C(=C\n1cnc(-c2cc(C(F)(F)F)cc(C(F)(F)F)c2)n1)c1cnc(F)cn1. The molecule has 0 aliphatic carbocycles. The molecule has 0 bridgehead atoms. The van der Waals surface area contributed by atoms with Crippen molar-refractivity contribution in [2.24, 2.45) is 5.73 Å². The first-order valence-electron chi connectivity index (χ1n) is 8.05. The summed E-state index contributed by atoms with van der Waals surface area (Å²) < 4.78 is 91.9. The van der Waals surface area contributed by atoms with Gasteiger partial charge in [0.1, 0.15) is 6.33 Å². The van der Waals surface area contributed by atoms with E-state index in [4.69, 9.17) is 5.73 Å². The molecular weight excluding hydrogens is 437 g/mol. The molecule has 31 heavy (non-hydrogen) atoms. The molecule has 1 amide bonds. The number of halogens is 7. The molecule has 2 N–H and O–H groups in total. The van der Waals surface area contributed by atoms with Crippen molar-refractivity contribution in [3.63, 3.8) is 0 Å². The molecule has 0 aliphatic rings. The Hall–Kier alpha value is -3.84. The number of hydrogen-bond acceptors (Lipinski definition) is 5. The quantitative estimate of drug-likeness (QED) is 0.489. The maximum absolute atomic E-state index is 13.0. The Morgan fingerprint density at radius 2 is 1.55 bits per heavy atom. The topological polar surface area (TPSA) is 99.6 Å². The molecule has 0 aliphatic heterocycles. The van der Waals surface area contributed by atoms with Gasteiger partial charge in [0.25, 0.3) is 5.91 Å². The molecule has 2 heterocycles. The number of hydrogen-bond donors (Lipinski definition) is 1. The van der Waals surface area contributed by atoms with Crippen molar-refractivity contribution in [3.8, 4) is 11.4 Å². The largest absolute Gasteiger partial charge is 0.416 e. The third kappa shape index (κ3) is 5.02. The number of primary amides is 1. The van der Waals surface area contributed by atoms with Crippen LogP contribution in [-0.2, 0) is 17.1 Å². The number of carbonyl (C=O) groups is 1. The van der Waals surface area contributed by atoms with Crippen LogP contribution < -0.4 is 5.73 Å². The summed E-state index contributed by atoms with van der Waals surface area (Å²) in [5.41, 5.74) is 1.13. The van der Waals surface area contributed by atoms with Crippen molar-refractivity contribution in [3.05, 3.63) is 59.7 Å². The Bertz CT molecular complexity index is 1120. The number of aromatic nitrogens is 5. The first-order valence-corrected chi connectivity index (χ1v) is 8.05. The molecule has 14 heteroatoms. The molecule has 0 saturated heterocycles. The highest BCUT2D eigenvalue weighted by Crippen LogP contribution is 2.38. The lowest BCUT2D eigenvalue weighted by atomic mass is 10.0. The van der Waals surface area contributed by atoms with Crippen LogP contribution in [0.1, 0.15) is 16.8 Å². The summed E-state index contributed by atoms with van der Waals surface area (Å²) in [5, 5.41) is 3.76.